The van der Waals surface area contributed by atoms with Crippen molar-refractivity contribution in [3.05, 3.63) is 70.7 Å². The topological polar surface area (TPSA) is 76.1 Å². The molecule has 2 amide bonds. The van der Waals surface area contributed by atoms with E-state index in [1.54, 1.807) is 18.2 Å². The highest BCUT2D eigenvalue weighted by molar-refractivity contribution is 6.31. The fraction of sp³-hybridized carbons (Fsp3) is 0.190. The lowest BCUT2D eigenvalue weighted by molar-refractivity contribution is 0.246. The number of carbonyl (C=O) groups is 1. The summed E-state index contributed by atoms with van der Waals surface area (Å²) in [4.78, 5) is 11.9. The van der Waals surface area contributed by atoms with Crippen molar-refractivity contribution in [3.63, 3.8) is 0 Å². The van der Waals surface area contributed by atoms with Gasteiger partial charge in [0.1, 0.15) is 6.61 Å². The molecule has 3 aromatic rings. The molecule has 28 heavy (non-hydrogen) atoms. The molecule has 6 nitrogen and oxygen atoms in total. The molecule has 2 aromatic carbocycles. The highest BCUT2D eigenvalue weighted by Gasteiger charge is 2.05. The van der Waals surface area contributed by atoms with Crippen molar-refractivity contribution in [2.75, 3.05) is 18.5 Å². The number of anilines is 1. The van der Waals surface area contributed by atoms with Crippen LogP contribution in [0.1, 0.15) is 11.1 Å². The maximum absolute atomic E-state index is 11.9. The number of nitrogens with one attached hydrogen (secondary N) is 2. The highest BCUT2D eigenvalue weighted by Crippen LogP contribution is 2.20. The van der Waals surface area contributed by atoms with E-state index in [-0.39, 0.29) is 12.6 Å². The van der Waals surface area contributed by atoms with Crippen LogP contribution in [-0.2, 0) is 0 Å². The van der Waals surface area contributed by atoms with Crippen LogP contribution in [0.3, 0.4) is 0 Å². The summed E-state index contributed by atoms with van der Waals surface area (Å²) in [7, 11) is 0. The maximum Gasteiger partial charge on any atom is 0.319 e. The van der Waals surface area contributed by atoms with Crippen molar-refractivity contribution in [1.29, 1.82) is 0 Å². The smallest absolute Gasteiger partial charge is 0.319 e. The number of urea groups is 1. The summed E-state index contributed by atoms with van der Waals surface area (Å²) in [5, 5.41) is 14.3. The Balaban J connectivity index is 1.42. The Morgan fingerprint density at radius 2 is 1.82 bits per heavy atom. The van der Waals surface area contributed by atoms with Gasteiger partial charge in [0, 0.05) is 22.3 Å². The minimum Gasteiger partial charge on any atom is -0.475 e. The van der Waals surface area contributed by atoms with Crippen molar-refractivity contribution >= 4 is 23.3 Å². The molecule has 0 aliphatic rings. The Labute approximate surface area is 168 Å². The second kappa shape index (κ2) is 9.19. The number of halogens is 1. The van der Waals surface area contributed by atoms with Gasteiger partial charge >= 0.3 is 6.03 Å². The standard InChI is InChI=1S/C21H21ClN4O2/c1-14-3-6-16(7-4-14)19-9-10-20(26-25-19)28-12-11-23-21(27)24-17-8-5-15(2)18(22)13-17/h3-10,13H,11-12H2,1-2H3,(H2,23,24,27). The maximum atomic E-state index is 11.9. The van der Waals surface area contributed by atoms with Gasteiger partial charge < -0.3 is 15.4 Å². The Bertz CT molecular complexity index is 944. The molecule has 2 N–H and O–H groups in total. The Hall–Kier alpha value is -3.12. The van der Waals surface area contributed by atoms with Crippen LogP contribution in [-0.4, -0.2) is 29.4 Å². The van der Waals surface area contributed by atoms with Crippen LogP contribution in [0, 0.1) is 13.8 Å². The first-order chi connectivity index (χ1) is 13.5. The fourth-order valence-corrected chi connectivity index (χ4v) is 2.62. The second-order valence-electron chi connectivity index (χ2n) is 6.32. The average Bonchev–Trinajstić information content (AvgIpc) is 2.69. The number of ether oxygens (including phenoxy) is 1. The lowest BCUT2D eigenvalue weighted by atomic mass is 10.1. The summed E-state index contributed by atoms with van der Waals surface area (Å²) < 4.78 is 5.51. The number of amides is 2. The van der Waals surface area contributed by atoms with E-state index in [0.717, 1.165) is 16.8 Å². The van der Waals surface area contributed by atoms with Crippen LogP contribution in [0.25, 0.3) is 11.3 Å². The molecule has 0 fully saturated rings. The SMILES string of the molecule is Cc1ccc(-c2ccc(OCCNC(=O)Nc3ccc(C)c(Cl)c3)nn2)cc1. The van der Waals surface area contributed by atoms with Crippen molar-refractivity contribution < 1.29 is 9.53 Å². The molecule has 0 aliphatic carbocycles. The van der Waals surface area contributed by atoms with E-state index in [1.807, 2.05) is 50.2 Å². The normalized spacial score (nSPS) is 10.4. The third-order valence-corrected chi connectivity index (χ3v) is 4.46. The van der Waals surface area contributed by atoms with E-state index in [4.69, 9.17) is 16.3 Å². The molecule has 1 aromatic heterocycles. The van der Waals surface area contributed by atoms with Gasteiger partial charge in [-0.3, -0.25) is 0 Å². The molecule has 0 atom stereocenters. The largest absolute Gasteiger partial charge is 0.475 e. The van der Waals surface area contributed by atoms with Crippen LogP contribution in [0.2, 0.25) is 5.02 Å². The monoisotopic (exact) mass is 396 g/mol. The summed E-state index contributed by atoms with van der Waals surface area (Å²) in [6, 6.07) is 16.7. The molecule has 0 aliphatic heterocycles. The van der Waals surface area contributed by atoms with Crippen LogP contribution in [0.15, 0.2) is 54.6 Å². The second-order valence-corrected chi connectivity index (χ2v) is 6.72. The van der Waals surface area contributed by atoms with E-state index < -0.39 is 0 Å². The zero-order chi connectivity index (χ0) is 19.9. The molecule has 1 heterocycles. The predicted octanol–water partition coefficient (Wildman–Crippen LogP) is 4.61. The molecule has 0 spiro atoms. The van der Waals surface area contributed by atoms with Crippen molar-refractivity contribution in [2.45, 2.75) is 13.8 Å². The van der Waals surface area contributed by atoms with Gasteiger partial charge in [0.2, 0.25) is 5.88 Å². The van der Waals surface area contributed by atoms with Gasteiger partial charge in [-0.15, -0.1) is 10.2 Å². The number of aromatic nitrogens is 2. The molecule has 0 radical (unpaired) electrons. The van der Waals surface area contributed by atoms with Gasteiger partial charge in [0.15, 0.2) is 0 Å². The van der Waals surface area contributed by atoms with Crippen LogP contribution in [0.4, 0.5) is 10.5 Å². The number of hydrogen-bond acceptors (Lipinski definition) is 4. The molecule has 0 bridgehead atoms. The van der Waals surface area contributed by atoms with Crippen LogP contribution < -0.4 is 15.4 Å². The Morgan fingerprint density at radius 1 is 1.04 bits per heavy atom. The third-order valence-electron chi connectivity index (χ3n) is 4.05. The highest BCUT2D eigenvalue weighted by atomic mass is 35.5. The van der Waals surface area contributed by atoms with Gasteiger partial charge in [0.05, 0.1) is 12.2 Å². The Kier molecular flexibility index (Phi) is 6.45. The minimum atomic E-state index is -0.329. The van der Waals surface area contributed by atoms with Gasteiger partial charge in [-0.1, -0.05) is 47.5 Å². The molecule has 144 valence electrons. The number of aryl methyl sites for hydroxylation is 2. The van der Waals surface area contributed by atoms with E-state index in [0.29, 0.717) is 23.1 Å². The molecule has 0 saturated heterocycles. The third kappa shape index (κ3) is 5.44. The molecule has 3 rings (SSSR count). The first-order valence-corrected chi connectivity index (χ1v) is 9.23. The first kappa shape index (κ1) is 19.6. The average molecular weight is 397 g/mol. The molecule has 7 heteroatoms. The van der Waals surface area contributed by atoms with Gasteiger partial charge in [-0.2, -0.15) is 0 Å². The van der Waals surface area contributed by atoms with Crippen molar-refractivity contribution in [3.8, 4) is 17.1 Å². The predicted molar refractivity (Wildman–Crippen MR) is 111 cm³/mol. The zero-order valence-corrected chi connectivity index (χ0v) is 16.5. The lowest BCUT2D eigenvalue weighted by Gasteiger charge is -2.09. The van der Waals surface area contributed by atoms with Crippen molar-refractivity contribution in [1.82, 2.24) is 15.5 Å². The summed E-state index contributed by atoms with van der Waals surface area (Å²) >= 11 is 6.04. The number of nitrogens with zero attached hydrogens (tertiary/aromatic N) is 2. The van der Waals surface area contributed by atoms with Crippen LogP contribution in [0.5, 0.6) is 5.88 Å². The van der Waals surface area contributed by atoms with Gasteiger partial charge in [-0.05, 0) is 37.6 Å². The van der Waals surface area contributed by atoms with Gasteiger partial charge in [0.25, 0.3) is 0 Å². The number of carbonyl (C=O) groups excluding carboxylic acids is 1. The summed E-state index contributed by atoms with van der Waals surface area (Å²) in [6.07, 6.45) is 0. The van der Waals surface area contributed by atoms with E-state index in [1.165, 1.54) is 5.56 Å². The first-order valence-electron chi connectivity index (χ1n) is 8.86. The summed E-state index contributed by atoms with van der Waals surface area (Å²) in [5.41, 5.74) is 4.56. The van der Waals surface area contributed by atoms with E-state index in [9.17, 15) is 4.79 Å². The summed E-state index contributed by atoms with van der Waals surface area (Å²) in [6.45, 7) is 4.55. The quantitative estimate of drug-likeness (QED) is 0.596. The Morgan fingerprint density at radius 3 is 2.50 bits per heavy atom. The van der Waals surface area contributed by atoms with Gasteiger partial charge in [-0.25, -0.2) is 4.79 Å². The van der Waals surface area contributed by atoms with Crippen molar-refractivity contribution in [2.24, 2.45) is 0 Å². The van der Waals surface area contributed by atoms with E-state index >= 15 is 0 Å². The number of rotatable bonds is 6. The fourth-order valence-electron chi connectivity index (χ4n) is 2.44. The minimum absolute atomic E-state index is 0.278. The molecular weight excluding hydrogens is 376 g/mol. The van der Waals surface area contributed by atoms with Crippen LogP contribution >= 0.6 is 11.6 Å². The molecule has 0 saturated carbocycles. The zero-order valence-electron chi connectivity index (χ0n) is 15.7. The lowest BCUT2D eigenvalue weighted by Crippen LogP contribution is -2.32. The van der Waals surface area contributed by atoms with E-state index in [2.05, 4.69) is 20.8 Å². The number of hydrogen-bond donors (Lipinski definition) is 2. The molecule has 0 unspecified atom stereocenters. The summed E-state index contributed by atoms with van der Waals surface area (Å²) in [5.74, 6) is 0.406. The molecular formula is C21H21ClN4O2. The number of benzene rings is 2.